The largest absolute Gasteiger partial charge is 0.493 e. The molecule has 0 unspecified atom stereocenters. The van der Waals surface area contributed by atoms with Gasteiger partial charge < -0.3 is 9.47 Å². The van der Waals surface area contributed by atoms with Crippen LogP contribution < -0.4 is 9.47 Å². The van der Waals surface area contributed by atoms with Gasteiger partial charge in [0.05, 0.1) is 25.2 Å². The molecule has 2 aromatic carbocycles. The fraction of sp³-hybridized carbons (Fsp3) is 0.238. The molecule has 2 aromatic rings. The minimum absolute atomic E-state index is 0.261. The smallest absolute Gasteiger partial charge is 0.293 e. The van der Waals surface area contributed by atoms with Crippen LogP contribution in [0.15, 0.2) is 45.8 Å². The number of aryl methyl sites for hydroxylation is 1. The van der Waals surface area contributed by atoms with Crippen molar-refractivity contribution in [1.29, 1.82) is 0 Å². The van der Waals surface area contributed by atoms with E-state index in [1.807, 2.05) is 38.1 Å². The number of carbonyl (C=O) groups is 2. The molecule has 2 amide bonds. The normalized spacial score (nSPS) is 15.4. The number of amides is 2. The molecule has 0 saturated carbocycles. The molecule has 146 valence electrons. The summed E-state index contributed by atoms with van der Waals surface area (Å²) in [6.45, 7) is 4.65. The van der Waals surface area contributed by atoms with Crippen LogP contribution in [0.5, 0.6) is 11.5 Å². The van der Waals surface area contributed by atoms with Crippen LogP contribution in [0, 0.1) is 6.92 Å². The van der Waals surface area contributed by atoms with Gasteiger partial charge in [0.15, 0.2) is 11.5 Å². The summed E-state index contributed by atoms with van der Waals surface area (Å²) in [4.78, 5) is 26.8. The van der Waals surface area contributed by atoms with Crippen LogP contribution in [0.2, 0.25) is 0 Å². The van der Waals surface area contributed by atoms with Crippen LogP contribution in [0.25, 0.3) is 6.08 Å². The Hall–Kier alpha value is -2.25. The second-order valence-electron chi connectivity index (χ2n) is 6.21. The Kier molecular flexibility index (Phi) is 6.46. The Morgan fingerprint density at radius 2 is 1.96 bits per heavy atom. The van der Waals surface area contributed by atoms with E-state index in [1.165, 1.54) is 4.90 Å². The highest BCUT2D eigenvalue weighted by atomic mass is 79.9. The molecule has 0 aromatic heterocycles. The van der Waals surface area contributed by atoms with Gasteiger partial charge in [-0.3, -0.25) is 14.5 Å². The molecule has 0 bridgehead atoms. The number of thioether (sulfide) groups is 1. The summed E-state index contributed by atoms with van der Waals surface area (Å²) in [5.41, 5.74) is 2.75. The Bertz CT molecular complexity index is 957. The van der Waals surface area contributed by atoms with Crippen molar-refractivity contribution in [1.82, 2.24) is 4.90 Å². The molecule has 1 saturated heterocycles. The molecule has 1 fully saturated rings. The highest BCUT2D eigenvalue weighted by Crippen LogP contribution is 2.38. The number of rotatable bonds is 6. The molecule has 5 nitrogen and oxygen atoms in total. The van der Waals surface area contributed by atoms with E-state index in [1.54, 1.807) is 25.3 Å². The summed E-state index contributed by atoms with van der Waals surface area (Å²) in [7, 11) is 1.56. The molecule has 0 radical (unpaired) electrons. The quantitative estimate of drug-likeness (QED) is 0.538. The Morgan fingerprint density at radius 1 is 1.18 bits per heavy atom. The first-order valence-electron chi connectivity index (χ1n) is 8.74. The van der Waals surface area contributed by atoms with E-state index in [0.29, 0.717) is 23.0 Å². The lowest BCUT2D eigenvalue weighted by Gasteiger charge is -2.13. The van der Waals surface area contributed by atoms with Gasteiger partial charge in [0, 0.05) is 4.47 Å². The van der Waals surface area contributed by atoms with Crippen LogP contribution in [0.3, 0.4) is 0 Å². The molecule has 0 N–H and O–H groups in total. The molecule has 1 heterocycles. The zero-order chi connectivity index (χ0) is 20.3. The van der Waals surface area contributed by atoms with Crippen molar-refractivity contribution in [3.05, 3.63) is 62.5 Å². The van der Waals surface area contributed by atoms with Crippen LogP contribution in [0.4, 0.5) is 4.79 Å². The highest BCUT2D eigenvalue weighted by Gasteiger charge is 2.35. The first kappa shape index (κ1) is 20.5. The Labute approximate surface area is 176 Å². The lowest BCUT2D eigenvalue weighted by molar-refractivity contribution is -0.123. The van der Waals surface area contributed by atoms with Crippen molar-refractivity contribution in [3.63, 3.8) is 0 Å². The Balaban J connectivity index is 1.87. The van der Waals surface area contributed by atoms with Gasteiger partial charge in [-0.1, -0.05) is 45.8 Å². The van der Waals surface area contributed by atoms with Crippen molar-refractivity contribution in [2.24, 2.45) is 0 Å². The molecular formula is C21H20BrNO4S. The van der Waals surface area contributed by atoms with E-state index in [9.17, 15) is 9.59 Å². The van der Waals surface area contributed by atoms with Crippen molar-refractivity contribution in [2.75, 3.05) is 13.7 Å². The molecule has 0 atom stereocenters. The first-order chi connectivity index (χ1) is 13.4. The number of nitrogens with zero attached hydrogens (tertiary/aromatic N) is 1. The minimum atomic E-state index is -0.295. The van der Waals surface area contributed by atoms with Gasteiger partial charge in [-0.2, -0.15) is 0 Å². The predicted molar refractivity (Wildman–Crippen MR) is 115 cm³/mol. The number of ether oxygens (including phenoxy) is 2. The van der Waals surface area contributed by atoms with Gasteiger partial charge >= 0.3 is 0 Å². The average Bonchev–Trinajstić information content (AvgIpc) is 2.91. The van der Waals surface area contributed by atoms with E-state index in [2.05, 4.69) is 15.9 Å². The number of hydrogen-bond acceptors (Lipinski definition) is 5. The van der Waals surface area contributed by atoms with Gasteiger partial charge in [0.25, 0.3) is 11.1 Å². The standard InChI is InChI=1S/C21H20BrNO4S/c1-4-27-18-11-16(22)15(9-17(18)26-3)10-19-20(24)23(21(25)28-19)12-14-7-5-6-13(2)8-14/h5-11H,4,12H2,1-3H3/b19-10-. The molecular weight excluding hydrogens is 442 g/mol. The van der Waals surface area contributed by atoms with E-state index >= 15 is 0 Å². The molecule has 7 heteroatoms. The van der Waals surface area contributed by atoms with E-state index in [-0.39, 0.29) is 17.7 Å². The van der Waals surface area contributed by atoms with Crippen LogP contribution in [-0.4, -0.2) is 29.8 Å². The zero-order valence-corrected chi connectivity index (χ0v) is 18.2. The van der Waals surface area contributed by atoms with Crippen molar-refractivity contribution in [3.8, 4) is 11.5 Å². The topological polar surface area (TPSA) is 55.8 Å². The van der Waals surface area contributed by atoms with Gasteiger partial charge in [-0.25, -0.2) is 0 Å². The molecule has 0 spiro atoms. The number of benzene rings is 2. The average molecular weight is 462 g/mol. The maximum absolute atomic E-state index is 12.8. The lowest BCUT2D eigenvalue weighted by Crippen LogP contribution is -2.27. The second kappa shape index (κ2) is 8.84. The third-order valence-electron chi connectivity index (χ3n) is 4.17. The minimum Gasteiger partial charge on any atom is -0.493 e. The third-order valence-corrected chi connectivity index (χ3v) is 5.76. The summed E-state index contributed by atoms with van der Waals surface area (Å²) in [6.07, 6.45) is 1.70. The van der Waals surface area contributed by atoms with Crippen LogP contribution >= 0.6 is 27.7 Å². The van der Waals surface area contributed by atoms with Gasteiger partial charge in [0.1, 0.15) is 0 Å². The van der Waals surface area contributed by atoms with E-state index in [0.717, 1.165) is 32.9 Å². The number of imide groups is 1. The summed E-state index contributed by atoms with van der Waals surface area (Å²) < 4.78 is 11.7. The predicted octanol–water partition coefficient (Wildman–Crippen LogP) is 5.40. The fourth-order valence-electron chi connectivity index (χ4n) is 2.86. The van der Waals surface area contributed by atoms with Crippen molar-refractivity contribution >= 4 is 44.9 Å². The van der Waals surface area contributed by atoms with Gasteiger partial charge in [-0.05, 0) is 54.9 Å². The molecule has 1 aliphatic heterocycles. The second-order valence-corrected chi connectivity index (χ2v) is 8.06. The highest BCUT2D eigenvalue weighted by molar-refractivity contribution is 9.10. The van der Waals surface area contributed by atoms with E-state index in [4.69, 9.17) is 9.47 Å². The van der Waals surface area contributed by atoms with E-state index < -0.39 is 0 Å². The SMILES string of the molecule is CCOc1cc(Br)c(/C=C2\SC(=O)N(Cc3cccc(C)c3)C2=O)cc1OC. The number of halogens is 1. The van der Waals surface area contributed by atoms with Crippen molar-refractivity contribution in [2.45, 2.75) is 20.4 Å². The number of carbonyl (C=O) groups excluding carboxylic acids is 2. The molecule has 0 aliphatic carbocycles. The molecule has 1 aliphatic rings. The Morgan fingerprint density at radius 3 is 2.64 bits per heavy atom. The monoisotopic (exact) mass is 461 g/mol. The lowest BCUT2D eigenvalue weighted by atomic mass is 10.1. The summed E-state index contributed by atoms with van der Waals surface area (Å²) >= 11 is 4.44. The summed E-state index contributed by atoms with van der Waals surface area (Å²) in [5, 5.41) is -0.271. The first-order valence-corrected chi connectivity index (χ1v) is 10.3. The maximum atomic E-state index is 12.8. The number of methoxy groups -OCH3 is 1. The zero-order valence-electron chi connectivity index (χ0n) is 15.8. The summed E-state index contributed by atoms with van der Waals surface area (Å²) in [6, 6.07) is 11.4. The van der Waals surface area contributed by atoms with Crippen LogP contribution in [0.1, 0.15) is 23.6 Å². The van der Waals surface area contributed by atoms with Gasteiger partial charge in [-0.15, -0.1) is 0 Å². The van der Waals surface area contributed by atoms with Crippen molar-refractivity contribution < 1.29 is 19.1 Å². The number of hydrogen-bond donors (Lipinski definition) is 0. The summed E-state index contributed by atoms with van der Waals surface area (Å²) in [5.74, 6) is 0.883. The van der Waals surface area contributed by atoms with Crippen LogP contribution in [-0.2, 0) is 11.3 Å². The maximum Gasteiger partial charge on any atom is 0.293 e. The third kappa shape index (κ3) is 4.42. The fourth-order valence-corrected chi connectivity index (χ4v) is 4.13. The molecule has 3 rings (SSSR count). The van der Waals surface area contributed by atoms with Gasteiger partial charge in [0.2, 0.25) is 0 Å². The molecule has 28 heavy (non-hydrogen) atoms.